The van der Waals surface area contributed by atoms with E-state index in [4.69, 9.17) is 4.74 Å². The Kier molecular flexibility index (Phi) is 5.37. The molecule has 1 heterocycles. The van der Waals surface area contributed by atoms with Crippen molar-refractivity contribution in [1.29, 1.82) is 0 Å². The maximum absolute atomic E-state index is 12.7. The zero-order chi connectivity index (χ0) is 18.6. The SMILES string of the molecule is CCCCOc1nc2ccccc2nc1NS(=O)(=O)c1ccc(C)cc1. The molecule has 6 nitrogen and oxygen atoms in total. The average Bonchev–Trinajstić information content (AvgIpc) is 2.62. The van der Waals surface area contributed by atoms with Gasteiger partial charge in [0, 0.05) is 0 Å². The second-order valence-corrected chi connectivity index (χ2v) is 7.67. The van der Waals surface area contributed by atoms with Crippen molar-refractivity contribution in [2.45, 2.75) is 31.6 Å². The van der Waals surface area contributed by atoms with Gasteiger partial charge in [-0.05, 0) is 37.6 Å². The highest BCUT2D eigenvalue weighted by Crippen LogP contribution is 2.26. The van der Waals surface area contributed by atoms with Crippen LogP contribution in [0.2, 0.25) is 0 Å². The number of ether oxygens (including phenoxy) is 1. The molecule has 3 aromatic rings. The van der Waals surface area contributed by atoms with Crippen LogP contribution in [0.4, 0.5) is 5.82 Å². The highest BCUT2D eigenvalue weighted by atomic mass is 32.2. The largest absolute Gasteiger partial charge is 0.475 e. The minimum Gasteiger partial charge on any atom is -0.475 e. The summed E-state index contributed by atoms with van der Waals surface area (Å²) in [5, 5.41) is 0. The van der Waals surface area contributed by atoms with Crippen LogP contribution in [0.3, 0.4) is 0 Å². The number of anilines is 1. The second-order valence-electron chi connectivity index (χ2n) is 5.99. The molecule has 1 N–H and O–H groups in total. The van der Waals surface area contributed by atoms with Gasteiger partial charge >= 0.3 is 0 Å². The van der Waals surface area contributed by atoms with E-state index >= 15 is 0 Å². The minimum atomic E-state index is -3.78. The molecule has 0 fully saturated rings. The Hall–Kier alpha value is -2.67. The summed E-state index contributed by atoms with van der Waals surface area (Å²) in [6.45, 7) is 4.40. The Morgan fingerprint density at radius 2 is 1.65 bits per heavy atom. The first-order chi connectivity index (χ1) is 12.5. The Bertz CT molecular complexity index is 1000. The maximum Gasteiger partial charge on any atom is 0.263 e. The van der Waals surface area contributed by atoms with Crippen molar-refractivity contribution < 1.29 is 13.2 Å². The lowest BCUT2D eigenvalue weighted by Gasteiger charge is -2.13. The molecule has 0 aliphatic heterocycles. The summed E-state index contributed by atoms with van der Waals surface area (Å²) < 4.78 is 33.6. The van der Waals surface area contributed by atoms with Crippen LogP contribution in [0.1, 0.15) is 25.3 Å². The number of rotatable bonds is 7. The molecule has 0 unspecified atom stereocenters. The van der Waals surface area contributed by atoms with Crippen molar-refractivity contribution in [3.63, 3.8) is 0 Å². The number of hydrogen-bond acceptors (Lipinski definition) is 5. The quantitative estimate of drug-likeness (QED) is 0.637. The van der Waals surface area contributed by atoms with E-state index in [0.29, 0.717) is 17.6 Å². The molecule has 2 aromatic carbocycles. The molecular weight excluding hydrogens is 350 g/mol. The highest BCUT2D eigenvalue weighted by molar-refractivity contribution is 7.92. The summed E-state index contributed by atoms with van der Waals surface area (Å²) in [6, 6.07) is 13.9. The number of aryl methyl sites for hydroxylation is 1. The molecule has 0 bridgehead atoms. The molecule has 26 heavy (non-hydrogen) atoms. The predicted octanol–water partition coefficient (Wildman–Crippen LogP) is 3.92. The van der Waals surface area contributed by atoms with Crippen LogP contribution in [0.15, 0.2) is 53.4 Å². The third-order valence-electron chi connectivity index (χ3n) is 3.84. The topological polar surface area (TPSA) is 81.2 Å². The van der Waals surface area contributed by atoms with Crippen molar-refractivity contribution in [3.05, 3.63) is 54.1 Å². The molecule has 0 aliphatic rings. The van der Waals surface area contributed by atoms with E-state index in [-0.39, 0.29) is 16.6 Å². The molecule has 0 saturated carbocycles. The van der Waals surface area contributed by atoms with Gasteiger partial charge in [-0.2, -0.15) is 0 Å². The monoisotopic (exact) mass is 371 g/mol. The van der Waals surface area contributed by atoms with E-state index in [1.54, 1.807) is 30.3 Å². The van der Waals surface area contributed by atoms with Crippen LogP contribution in [-0.2, 0) is 10.0 Å². The van der Waals surface area contributed by atoms with E-state index < -0.39 is 10.0 Å². The second kappa shape index (κ2) is 7.70. The van der Waals surface area contributed by atoms with Gasteiger partial charge in [0.25, 0.3) is 15.9 Å². The van der Waals surface area contributed by atoms with Gasteiger partial charge < -0.3 is 4.74 Å². The van der Waals surface area contributed by atoms with Crippen LogP contribution in [0.5, 0.6) is 5.88 Å². The summed E-state index contributed by atoms with van der Waals surface area (Å²) >= 11 is 0. The third-order valence-corrected chi connectivity index (χ3v) is 5.19. The number of nitrogens with zero attached hydrogens (tertiary/aromatic N) is 2. The molecule has 0 saturated heterocycles. The lowest BCUT2D eigenvalue weighted by atomic mass is 10.2. The molecule has 3 rings (SSSR count). The number of aromatic nitrogens is 2. The first-order valence-corrected chi connectivity index (χ1v) is 9.97. The average molecular weight is 371 g/mol. The summed E-state index contributed by atoms with van der Waals surface area (Å²) in [6.07, 6.45) is 1.81. The van der Waals surface area contributed by atoms with Gasteiger partial charge in [-0.15, -0.1) is 0 Å². The number of hydrogen-bond donors (Lipinski definition) is 1. The van der Waals surface area contributed by atoms with Crippen molar-refractivity contribution in [1.82, 2.24) is 9.97 Å². The van der Waals surface area contributed by atoms with Gasteiger partial charge in [0.05, 0.1) is 22.5 Å². The zero-order valence-electron chi connectivity index (χ0n) is 14.8. The number of fused-ring (bicyclic) bond motifs is 1. The van der Waals surface area contributed by atoms with Crippen LogP contribution in [0, 0.1) is 6.92 Å². The Morgan fingerprint density at radius 1 is 1.00 bits per heavy atom. The predicted molar refractivity (Wildman–Crippen MR) is 102 cm³/mol. The first kappa shape index (κ1) is 18.1. The summed E-state index contributed by atoms with van der Waals surface area (Å²) in [5.41, 5.74) is 2.23. The molecule has 0 spiro atoms. The minimum absolute atomic E-state index is 0.0976. The number of benzene rings is 2. The summed E-state index contributed by atoms with van der Waals surface area (Å²) in [5.74, 6) is 0.285. The van der Waals surface area contributed by atoms with Crippen molar-refractivity contribution in [3.8, 4) is 5.88 Å². The van der Waals surface area contributed by atoms with E-state index in [2.05, 4.69) is 21.6 Å². The van der Waals surface area contributed by atoms with Crippen LogP contribution in [0.25, 0.3) is 11.0 Å². The Balaban J connectivity index is 1.98. The maximum atomic E-state index is 12.7. The van der Waals surface area contributed by atoms with Crippen LogP contribution in [-0.4, -0.2) is 25.0 Å². The fraction of sp³-hybridized carbons (Fsp3) is 0.263. The molecule has 0 aliphatic carbocycles. The molecule has 136 valence electrons. The normalized spacial score (nSPS) is 11.5. The molecule has 7 heteroatoms. The van der Waals surface area contributed by atoms with E-state index in [1.165, 1.54) is 0 Å². The molecule has 0 amide bonds. The number of para-hydroxylation sites is 2. The molecule has 0 radical (unpaired) electrons. The Labute approximate surface area is 153 Å². The van der Waals surface area contributed by atoms with E-state index in [0.717, 1.165) is 18.4 Å². The van der Waals surface area contributed by atoms with E-state index in [9.17, 15) is 8.42 Å². The highest BCUT2D eigenvalue weighted by Gasteiger charge is 2.19. The number of nitrogens with one attached hydrogen (secondary N) is 1. The molecular formula is C19H21N3O3S. The van der Waals surface area contributed by atoms with Gasteiger partial charge in [-0.1, -0.05) is 43.2 Å². The number of unbranched alkanes of at least 4 members (excludes halogenated alkanes) is 1. The summed E-state index contributed by atoms with van der Waals surface area (Å²) in [7, 11) is -3.78. The molecule has 0 atom stereocenters. The fourth-order valence-electron chi connectivity index (χ4n) is 2.37. The smallest absolute Gasteiger partial charge is 0.263 e. The van der Waals surface area contributed by atoms with Gasteiger partial charge in [-0.25, -0.2) is 18.4 Å². The van der Waals surface area contributed by atoms with Crippen molar-refractivity contribution >= 4 is 26.9 Å². The van der Waals surface area contributed by atoms with Gasteiger partial charge in [0.1, 0.15) is 0 Å². The van der Waals surface area contributed by atoms with Crippen molar-refractivity contribution in [2.24, 2.45) is 0 Å². The molecule has 1 aromatic heterocycles. The Morgan fingerprint density at radius 3 is 2.31 bits per heavy atom. The van der Waals surface area contributed by atoms with Gasteiger partial charge in [0.15, 0.2) is 0 Å². The third kappa shape index (κ3) is 4.11. The first-order valence-electron chi connectivity index (χ1n) is 8.48. The van der Waals surface area contributed by atoms with E-state index in [1.807, 2.05) is 25.1 Å². The van der Waals surface area contributed by atoms with Crippen LogP contribution >= 0.6 is 0 Å². The lowest BCUT2D eigenvalue weighted by Crippen LogP contribution is -2.16. The summed E-state index contributed by atoms with van der Waals surface area (Å²) in [4.78, 5) is 9.00. The van der Waals surface area contributed by atoms with Gasteiger partial charge in [0.2, 0.25) is 5.82 Å². The fourth-order valence-corrected chi connectivity index (χ4v) is 3.37. The zero-order valence-corrected chi connectivity index (χ0v) is 15.6. The van der Waals surface area contributed by atoms with Gasteiger partial charge in [-0.3, -0.25) is 4.72 Å². The lowest BCUT2D eigenvalue weighted by molar-refractivity contribution is 0.299. The van der Waals surface area contributed by atoms with Crippen LogP contribution < -0.4 is 9.46 Å². The standard InChI is InChI=1S/C19H21N3O3S/c1-3-4-13-25-19-18(20-16-7-5-6-8-17(16)21-19)22-26(23,24)15-11-9-14(2)10-12-15/h5-12H,3-4,13H2,1-2H3,(H,20,22). The van der Waals surface area contributed by atoms with Crippen molar-refractivity contribution in [2.75, 3.05) is 11.3 Å². The number of sulfonamides is 1.